The summed E-state index contributed by atoms with van der Waals surface area (Å²) in [7, 11) is 0. The molecule has 3 N–H and O–H groups in total. The second kappa shape index (κ2) is 6.88. The molecule has 2 atom stereocenters. The summed E-state index contributed by atoms with van der Waals surface area (Å²) in [5.74, 6) is -0.0174. The van der Waals surface area contributed by atoms with Gasteiger partial charge in [0.2, 0.25) is 5.91 Å². The zero-order valence-electron chi connectivity index (χ0n) is 15.5. The molecule has 4 rings (SSSR count). The van der Waals surface area contributed by atoms with Crippen LogP contribution in [-0.2, 0) is 24.2 Å². The number of nitrogens with zero attached hydrogens (tertiary/aromatic N) is 2. The van der Waals surface area contributed by atoms with Crippen molar-refractivity contribution in [1.29, 1.82) is 0 Å². The highest BCUT2D eigenvalue weighted by atomic mass is 16.1. The van der Waals surface area contributed by atoms with E-state index in [9.17, 15) is 4.79 Å². The molecule has 26 heavy (non-hydrogen) atoms. The molecule has 2 aliphatic rings. The van der Waals surface area contributed by atoms with Crippen LogP contribution in [0.15, 0.2) is 30.3 Å². The van der Waals surface area contributed by atoms with E-state index in [1.165, 1.54) is 11.3 Å². The fraction of sp³-hybridized carbons (Fsp3) is 0.524. The van der Waals surface area contributed by atoms with Crippen LogP contribution in [0.1, 0.15) is 56.0 Å². The van der Waals surface area contributed by atoms with Crippen molar-refractivity contribution in [2.24, 2.45) is 11.7 Å². The van der Waals surface area contributed by atoms with Gasteiger partial charge in [-0.15, -0.1) is 0 Å². The van der Waals surface area contributed by atoms with Gasteiger partial charge in [-0.3, -0.25) is 4.79 Å². The Morgan fingerprint density at radius 3 is 2.85 bits per heavy atom. The van der Waals surface area contributed by atoms with Crippen molar-refractivity contribution >= 4 is 5.91 Å². The van der Waals surface area contributed by atoms with Gasteiger partial charge >= 0.3 is 0 Å². The lowest BCUT2D eigenvalue weighted by Crippen LogP contribution is -2.52. The highest BCUT2D eigenvalue weighted by molar-refractivity contribution is 5.80. The normalized spacial score (nSPS) is 25.1. The van der Waals surface area contributed by atoms with Crippen molar-refractivity contribution in [3.63, 3.8) is 0 Å². The molecule has 2 unspecified atom stereocenters. The quantitative estimate of drug-likeness (QED) is 0.889. The van der Waals surface area contributed by atoms with E-state index in [0.29, 0.717) is 6.54 Å². The number of aromatic nitrogens is 2. The van der Waals surface area contributed by atoms with Crippen molar-refractivity contribution in [3.05, 3.63) is 47.3 Å². The fourth-order valence-electron chi connectivity index (χ4n) is 4.52. The van der Waals surface area contributed by atoms with Gasteiger partial charge in [-0.05, 0) is 56.7 Å². The van der Waals surface area contributed by atoms with Crippen molar-refractivity contribution in [3.8, 4) is 5.69 Å². The first kappa shape index (κ1) is 17.3. The summed E-state index contributed by atoms with van der Waals surface area (Å²) >= 11 is 0. The van der Waals surface area contributed by atoms with E-state index in [1.807, 2.05) is 25.1 Å². The van der Waals surface area contributed by atoms with Crippen molar-refractivity contribution < 1.29 is 4.79 Å². The molecular formula is C21H28N4O. The second-order valence-electron chi connectivity index (χ2n) is 7.99. The molecule has 0 aliphatic heterocycles. The number of hydrogen-bond donors (Lipinski definition) is 2. The molecule has 5 nitrogen and oxygen atoms in total. The van der Waals surface area contributed by atoms with Crippen LogP contribution in [0.25, 0.3) is 5.69 Å². The van der Waals surface area contributed by atoms with E-state index in [0.717, 1.165) is 56.3 Å². The molecular weight excluding hydrogens is 324 g/mol. The summed E-state index contributed by atoms with van der Waals surface area (Å²) < 4.78 is 2.05. The first-order valence-electron chi connectivity index (χ1n) is 9.78. The molecule has 0 radical (unpaired) electrons. The van der Waals surface area contributed by atoms with Crippen LogP contribution >= 0.6 is 0 Å². The highest BCUT2D eigenvalue weighted by Crippen LogP contribution is 2.32. The number of hydrogen-bond acceptors (Lipinski definition) is 3. The molecule has 2 aliphatic carbocycles. The molecule has 5 heteroatoms. The fourth-order valence-corrected chi connectivity index (χ4v) is 4.52. The van der Waals surface area contributed by atoms with Gasteiger partial charge in [-0.2, -0.15) is 5.10 Å². The molecule has 0 saturated heterocycles. The topological polar surface area (TPSA) is 72.9 Å². The lowest BCUT2D eigenvalue weighted by atomic mass is 9.74. The minimum Gasteiger partial charge on any atom is -0.350 e. The van der Waals surface area contributed by atoms with Crippen LogP contribution in [0.5, 0.6) is 0 Å². The third-order valence-corrected chi connectivity index (χ3v) is 6.02. The standard InChI is InChI=1S/C21H28N4O/c1-21(22)13-6-5-11-17(21)20(26)23-14-18-16-10-7-12-19(16)25(24-18)15-8-3-2-4-9-15/h2-4,8-9,17H,5-7,10-14,22H2,1H3,(H,23,26). The Kier molecular flexibility index (Phi) is 4.57. The van der Waals surface area contributed by atoms with Gasteiger partial charge in [-0.1, -0.05) is 31.0 Å². The Hall–Kier alpha value is -2.14. The summed E-state index contributed by atoms with van der Waals surface area (Å²) in [6, 6.07) is 10.2. The average Bonchev–Trinajstić information content (AvgIpc) is 3.23. The zero-order valence-corrected chi connectivity index (χ0v) is 15.5. The lowest BCUT2D eigenvalue weighted by Gasteiger charge is -2.37. The Morgan fingerprint density at radius 2 is 2.08 bits per heavy atom. The highest BCUT2D eigenvalue weighted by Gasteiger charge is 2.37. The Bertz CT molecular complexity index is 794. The van der Waals surface area contributed by atoms with E-state index in [2.05, 4.69) is 22.1 Å². The van der Waals surface area contributed by atoms with Crippen LogP contribution in [-0.4, -0.2) is 21.2 Å². The maximum atomic E-state index is 12.7. The minimum atomic E-state index is -0.395. The zero-order chi connectivity index (χ0) is 18.1. The monoisotopic (exact) mass is 352 g/mol. The summed E-state index contributed by atoms with van der Waals surface area (Å²) in [4.78, 5) is 12.7. The molecule has 138 valence electrons. The second-order valence-corrected chi connectivity index (χ2v) is 7.99. The van der Waals surface area contributed by atoms with E-state index < -0.39 is 5.54 Å². The Balaban J connectivity index is 1.52. The van der Waals surface area contributed by atoms with Crippen LogP contribution in [0.3, 0.4) is 0 Å². The van der Waals surface area contributed by atoms with Gasteiger partial charge in [0.1, 0.15) is 0 Å². The van der Waals surface area contributed by atoms with Gasteiger partial charge in [0.05, 0.1) is 23.8 Å². The molecule has 0 spiro atoms. The predicted octanol–water partition coefficient (Wildman–Crippen LogP) is 2.88. The van der Waals surface area contributed by atoms with Gasteiger partial charge in [-0.25, -0.2) is 4.68 Å². The van der Waals surface area contributed by atoms with Crippen LogP contribution in [0.4, 0.5) is 0 Å². The molecule has 0 bridgehead atoms. The largest absolute Gasteiger partial charge is 0.350 e. The maximum absolute atomic E-state index is 12.7. The summed E-state index contributed by atoms with van der Waals surface area (Å²) in [6.07, 6.45) is 7.26. The van der Waals surface area contributed by atoms with E-state index >= 15 is 0 Å². The van der Waals surface area contributed by atoms with Crippen molar-refractivity contribution in [2.45, 2.75) is 64.0 Å². The van der Waals surface area contributed by atoms with Crippen LogP contribution in [0, 0.1) is 5.92 Å². The molecule has 1 aromatic heterocycles. The Morgan fingerprint density at radius 1 is 1.27 bits per heavy atom. The Labute approximate surface area is 155 Å². The first-order chi connectivity index (χ1) is 12.6. The van der Waals surface area contributed by atoms with Crippen LogP contribution in [0.2, 0.25) is 0 Å². The average molecular weight is 352 g/mol. The summed E-state index contributed by atoms with van der Waals surface area (Å²) in [5, 5.41) is 7.95. The lowest BCUT2D eigenvalue weighted by molar-refractivity contribution is -0.128. The molecule has 2 aromatic rings. The van der Waals surface area contributed by atoms with Crippen molar-refractivity contribution in [2.75, 3.05) is 0 Å². The minimum absolute atomic E-state index is 0.0794. The first-order valence-corrected chi connectivity index (χ1v) is 9.78. The third kappa shape index (κ3) is 3.16. The van der Waals surface area contributed by atoms with Gasteiger partial charge < -0.3 is 11.1 Å². The molecule has 1 saturated carbocycles. The molecule has 1 fully saturated rings. The van der Waals surface area contributed by atoms with Crippen molar-refractivity contribution in [1.82, 2.24) is 15.1 Å². The van der Waals surface area contributed by atoms with E-state index in [4.69, 9.17) is 10.8 Å². The number of carbonyl (C=O) groups excluding carboxylic acids is 1. The number of para-hydroxylation sites is 1. The maximum Gasteiger partial charge on any atom is 0.225 e. The number of carbonyl (C=O) groups is 1. The third-order valence-electron chi connectivity index (χ3n) is 6.02. The van der Waals surface area contributed by atoms with Gasteiger partial charge in [0.25, 0.3) is 0 Å². The van der Waals surface area contributed by atoms with E-state index in [1.54, 1.807) is 0 Å². The summed E-state index contributed by atoms with van der Waals surface area (Å²) in [6.45, 7) is 2.51. The van der Waals surface area contributed by atoms with Gasteiger partial charge in [0, 0.05) is 11.2 Å². The number of nitrogens with one attached hydrogen (secondary N) is 1. The number of fused-ring (bicyclic) bond motifs is 1. The smallest absolute Gasteiger partial charge is 0.225 e. The predicted molar refractivity (Wildman–Crippen MR) is 102 cm³/mol. The SMILES string of the molecule is CC1(N)CCCCC1C(=O)NCc1nn(-c2ccccc2)c2c1CCC2. The molecule has 1 heterocycles. The number of nitrogens with two attached hydrogens (primary N) is 1. The van der Waals surface area contributed by atoms with E-state index in [-0.39, 0.29) is 11.8 Å². The molecule has 1 aromatic carbocycles. The molecule has 1 amide bonds. The van der Waals surface area contributed by atoms with Crippen LogP contribution < -0.4 is 11.1 Å². The number of amides is 1. The number of rotatable bonds is 4. The number of benzene rings is 1. The van der Waals surface area contributed by atoms with Gasteiger partial charge in [0.15, 0.2) is 0 Å². The summed E-state index contributed by atoms with van der Waals surface area (Å²) in [5.41, 5.74) is 10.7.